The maximum absolute atomic E-state index is 13.9. The molecule has 1 heterocycles. The molecule has 5 heteroatoms. The number of benzene rings is 1. The van der Waals surface area contributed by atoms with Crippen LogP contribution in [0.5, 0.6) is 0 Å². The lowest BCUT2D eigenvalue weighted by atomic mass is 10.1. The minimum atomic E-state index is -0.930. The summed E-state index contributed by atoms with van der Waals surface area (Å²) in [6.45, 7) is 3.61. The molecular weight excluding hydrogens is 236 g/mol. The van der Waals surface area contributed by atoms with Crippen LogP contribution in [0.2, 0.25) is 0 Å². The molecule has 2 rings (SSSR count). The van der Waals surface area contributed by atoms with Crippen molar-refractivity contribution in [3.05, 3.63) is 46.8 Å². The van der Waals surface area contributed by atoms with Gasteiger partial charge in [0.15, 0.2) is 11.6 Å². The third-order valence-corrected chi connectivity index (χ3v) is 2.67. The molecule has 2 aromatic rings. The first-order chi connectivity index (χ1) is 8.54. The molecule has 0 aliphatic carbocycles. The lowest BCUT2D eigenvalue weighted by molar-refractivity contribution is 0.578. The lowest BCUT2D eigenvalue weighted by Gasteiger charge is -2.06. The van der Waals surface area contributed by atoms with Gasteiger partial charge in [0.25, 0.3) is 0 Å². The number of aromatic nitrogens is 2. The number of hydrogen-bond donors (Lipinski definition) is 0. The van der Waals surface area contributed by atoms with Gasteiger partial charge in [-0.05, 0) is 31.5 Å². The van der Waals surface area contributed by atoms with Crippen molar-refractivity contribution in [1.29, 1.82) is 5.26 Å². The summed E-state index contributed by atoms with van der Waals surface area (Å²) < 4.78 is 27.1. The molecule has 0 unspecified atom stereocenters. The van der Waals surface area contributed by atoms with Crippen LogP contribution in [-0.4, -0.2) is 9.97 Å². The van der Waals surface area contributed by atoms with Crippen LogP contribution in [0.15, 0.2) is 18.3 Å². The Morgan fingerprint density at radius 3 is 2.56 bits per heavy atom. The molecule has 0 fully saturated rings. The van der Waals surface area contributed by atoms with Gasteiger partial charge in [-0.2, -0.15) is 5.26 Å². The standard InChI is InChI=1S/C13H9F2N3/c1-7-6-17-13(18-8(7)2)9-3-4-11(14)10(5-16)12(9)15/h3-4,6H,1-2H3. The normalized spacial score (nSPS) is 10.2. The molecule has 0 N–H and O–H groups in total. The summed E-state index contributed by atoms with van der Waals surface area (Å²) in [7, 11) is 0. The highest BCUT2D eigenvalue weighted by molar-refractivity contribution is 5.59. The van der Waals surface area contributed by atoms with Crippen LogP contribution in [-0.2, 0) is 0 Å². The largest absolute Gasteiger partial charge is 0.236 e. The first kappa shape index (κ1) is 12.1. The third kappa shape index (κ3) is 1.93. The van der Waals surface area contributed by atoms with Gasteiger partial charge >= 0.3 is 0 Å². The molecule has 90 valence electrons. The monoisotopic (exact) mass is 245 g/mol. The quantitative estimate of drug-likeness (QED) is 0.776. The van der Waals surface area contributed by atoms with Gasteiger partial charge < -0.3 is 0 Å². The van der Waals surface area contributed by atoms with E-state index in [1.54, 1.807) is 13.1 Å². The fourth-order valence-corrected chi connectivity index (χ4v) is 1.48. The molecule has 0 bridgehead atoms. The van der Waals surface area contributed by atoms with E-state index >= 15 is 0 Å². The second kappa shape index (κ2) is 4.49. The molecule has 1 aromatic heterocycles. The zero-order chi connectivity index (χ0) is 13.3. The Balaban J connectivity index is 2.65. The Morgan fingerprint density at radius 2 is 1.94 bits per heavy atom. The van der Waals surface area contributed by atoms with Gasteiger partial charge in [-0.15, -0.1) is 0 Å². The van der Waals surface area contributed by atoms with Crippen molar-refractivity contribution in [1.82, 2.24) is 9.97 Å². The van der Waals surface area contributed by atoms with Crippen LogP contribution in [0, 0.1) is 36.8 Å². The van der Waals surface area contributed by atoms with Crippen molar-refractivity contribution >= 4 is 0 Å². The number of halogens is 2. The molecule has 0 atom stereocenters. The zero-order valence-electron chi connectivity index (χ0n) is 9.83. The smallest absolute Gasteiger partial charge is 0.162 e. The summed E-state index contributed by atoms with van der Waals surface area (Å²) in [5.41, 5.74) is 0.995. The maximum atomic E-state index is 13.9. The van der Waals surface area contributed by atoms with Crippen molar-refractivity contribution in [2.45, 2.75) is 13.8 Å². The molecule has 0 aliphatic rings. The van der Waals surface area contributed by atoms with Crippen LogP contribution in [0.25, 0.3) is 11.4 Å². The summed E-state index contributed by atoms with van der Waals surface area (Å²) in [6.07, 6.45) is 1.56. The van der Waals surface area contributed by atoms with Gasteiger partial charge in [0, 0.05) is 11.9 Å². The number of hydrogen-bond acceptors (Lipinski definition) is 3. The first-order valence-electron chi connectivity index (χ1n) is 5.23. The van der Waals surface area contributed by atoms with E-state index < -0.39 is 17.2 Å². The summed E-state index contributed by atoms with van der Waals surface area (Å²) in [5, 5.41) is 8.70. The van der Waals surface area contributed by atoms with E-state index in [-0.39, 0.29) is 11.4 Å². The lowest BCUT2D eigenvalue weighted by Crippen LogP contribution is -1.99. The summed E-state index contributed by atoms with van der Waals surface area (Å²) in [4.78, 5) is 8.12. The van der Waals surface area contributed by atoms with Gasteiger partial charge in [-0.25, -0.2) is 18.7 Å². The molecule has 1 aromatic carbocycles. The fraction of sp³-hybridized carbons (Fsp3) is 0.154. The van der Waals surface area contributed by atoms with Crippen molar-refractivity contribution in [3.63, 3.8) is 0 Å². The SMILES string of the molecule is Cc1cnc(-c2ccc(F)c(C#N)c2F)nc1C. The van der Waals surface area contributed by atoms with Crippen LogP contribution in [0.3, 0.4) is 0 Å². The van der Waals surface area contributed by atoms with E-state index in [9.17, 15) is 8.78 Å². The summed E-state index contributed by atoms with van der Waals surface area (Å²) >= 11 is 0. The summed E-state index contributed by atoms with van der Waals surface area (Å²) in [6, 6.07) is 3.76. The van der Waals surface area contributed by atoms with Crippen LogP contribution < -0.4 is 0 Å². The summed E-state index contributed by atoms with van der Waals surface area (Å²) in [5.74, 6) is -1.67. The topological polar surface area (TPSA) is 49.6 Å². The average Bonchev–Trinajstić information content (AvgIpc) is 2.34. The highest BCUT2D eigenvalue weighted by atomic mass is 19.1. The van der Waals surface area contributed by atoms with E-state index in [0.717, 1.165) is 11.6 Å². The molecule has 0 amide bonds. The highest BCUT2D eigenvalue weighted by Crippen LogP contribution is 2.24. The molecule has 0 saturated heterocycles. The predicted octanol–water partition coefficient (Wildman–Crippen LogP) is 2.91. The van der Waals surface area contributed by atoms with Crippen LogP contribution in [0.1, 0.15) is 16.8 Å². The highest BCUT2D eigenvalue weighted by Gasteiger charge is 2.16. The molecule has 0 radical (unpaired) electrons. The minimum absolute atomic E-state index is 0.0241. The van der Waals surface area contributed by atoms with Crippen molar-refractivity contribution in [3.8, 4) is 17.5 Å². The molecule has 18 heavy (non-hydrogen) atoms. The van der Waals surface area contributed by atoms with Gasteiger partial charge in [0.1, 0.15) is 17.4 Å². The van der Waals surface area contributed by atoms with E-state index in [4.69, 9.17) is 5.26 Å². The van der Waals surface area contributed by atoms with Gasteiger partial charge in [-0.1, -0.05) is 0 Å². The molecular formula is C13H9F2N3. The first-order valence-corrected chi connectivity index (χ1v) is 5.23. The second-order valence-electron chi connectivity index (χ2n) is 3.86. The van der Waals surface area contributed by atoms with E-state index in [0.29, 0.717) is 5.69 Å². The maximum Gasteiger partial charge on any atom is 0.162 e. The van der Waals surface area contributed by atoms with Gasteiger partial charge in [0.2, 0.25) is 0 Å². The number of nitriles is 1. The Morgan fingerprint density at radius 1 is 1.22 bits per heavy atom. The average molecular weight is 245 g/mol. The number of nitrogens with zero attached hydrogens (tertiary/aromatic N) is 3. The molecule has 0 saturated carbocycles. The Kier molecular flexibility index (Phi) is 3.02. The van der Waals surface area contributed by atoms with Crippen LogP contribution >= 0.6 is 0 Å². The van der Waals surface area contributed by atoms with E-state index in [1.165, 1.54) is 12.1 Å². The Bertz CT molecular complexity index is 660. The van der Waals surface area contributed by atoms with Crippen molar-refractivity contribution in [2.75, 3.05) is 0 Å². The zero-order valence-corrected chi connectivity index (χ0v) is 9.83. The third-order valence-electron chi connectivity index (χ3n) is 2.67. The second-order valence-corrected chi connectivity index (χ2v) is 3.86. The van der Waals surface area contributed by atoms with Crippen molar-refractivity contribution < 1.29 is 8.78 Å². The van der Waals surface area contributed by atoms with Gasteiger partial charge in [-0.3, -0.25) is 0 Å². The molecule has 3 nitrogen and oxygen atoms in total. The van der Waals surface area contributed by atoms with E-state index in [2.05, 4.69) is 9.97 Å². The number of aryl methyl sites for hydroxylation is 2. The minimum Gasteiger partial charge on any atom is -0.236 e. The van der Waals surface area contributed by atoms with E-state index in [1.807, 2.05) is 6.92 Å². The Labute approximate surface area is 103 Å². The predicted molar refractivity (Wildman–Crippen MR) is 61.6 cm³/mol. The van der Waals surface area contributed by atoms with Gasteiger partial charge in [0.05, 0.1) is 5.56 Å². The number of rotatable bonds is 1. The molecule has 0 spiro atoms. The fourth-order valence-electron chi connectivity index (χ4n) is 1.48. The molecule has 0 aliphatic heterocycles. The van der Waals surface area contributed by atoms with Crippen LogP contribution in [0.4, 0.5) is 8.78 Å². The van der Waals surface area contributed by atoms with Crippen molar-refractivity contribution in [2.24, 2.45) is 0 Å². The Hall–Kier alpha value is -2.35.